The van der Waals surface area contributed by atoms with Gasteiger partial charge in [-0.15, -0.1) is 0 Å². The van der Waals surface area contributed by atoms with Crippen LogP contribution in [-0.2, 0) is 4.79 Å². The third-order valence-corrected chi connectivity index (χ3v) is 3.91. The first kappa shape index (κ1) is 21.3. The van der Waals surface area contributed by atoms with E-state index in [1.807, 2.05) is 13.0 Å². The molecule has 0 fully saturated rings. The van der Waals surface area contributed by atoms with Crippen LogP contribution in [0.5, 0.6) is 11.5 Å². The van der Waals surface area contributed by atoms with Gasteiger partial charge in [0.15, 0.2) is 11.5 Å². The van der Waals surface area contributed by atoms with Crippen molar-refractivity contribution in [2.75, 3.05) is 13.1 Å². The molecule has 1 unspecified atom stereocenters. The summed E-state index contributed by atoms with van der Waals surface area (Å²) in [5, 5.41) is 22.5. The lowest BCUT2D eigenvalue weighted by atomic mass is 9.90. The number of amides is 1. The van der Waals surface area contributed by atoms with E-state index < -0.39 is 0 Å². The lowest BCUT2D eigenvalue weighted by molar-refractivity contribution is -0.116. The summed E-state index contributed by atoms with van der Waals surface area (Å²) in [5.74, 6) is -0.714. The molecular weight excluding hydrogens is 330 g/mol. The lowest BCUT2D eigenvalue weighted by Gasteiger charge is -2.15. The Bertz CT molecular complexity index is 681. The normalized spacial score (nSPS) is 12.5. The minimum absolute atomic E-state index is 0.0472. The third-order valence-electron chi connectivity index (χ3n) is 3.91. The van der Waals surface area contributed by atoms with E-state index in [0.717, 1.165) is 24.8 Å². The second-order valence-corrected chi connectivity index (χ2v) is 6.04. The van der Waals surface area contributed by atoms with Crippen LogP contribution in [0.25, 0.3) is 6.08 Å². The van der Waals surface area contributed by atoms with Gasteiger partial charge in [-0.1, -0.05) is 19.6 Å². The molecule has 0 aliphatic carbocycles. The van der Waals surface area contributed by atoms with E-state index >= 15 is 0 Å². The van der Waals surface area contributed by atoms with Crippen molar-refractivity contribution >= 4 is 12.0 Å². The highest BCUT2D eigenvalue weighted by Gasteiger charge is 2.14. The van der Waals surface area contributed by atoms with Crippen molar-refractivity contribution in [1.29, 1.82) is 0 Å². The van der Waals surface area contributed by atoms with Crippen molar-refractivity contribution in [1.82, 2.24) is 5.32 Å². The van der Waals surface area contributed by atoms with E-state index in [2.05, 4.69) is 11.9 Å². The van der Waals surface area contributed by atoms with E-state index in [4.69, 9.17) is 11.5 Å². The molecule has 0 aliphatic rings. The van der Waals surface area contributed by atoms with E-state index in [-0.39, 0.29) is 23.3 Å². The number of allylic oxidation sites excluding steroid dienone is 2. The van der Waals surface area contributed by atoms with Crippen molar-refractivity contribution in [3.63, 3.8) is 0 Å². The largest absolute Gasteiger partial charge is 0.504 e. The number of hydrogen-bond donors (Lipinski definition) is 5. The number of hydrogen-bond acceptors (Lipinski definition) is 5. The van der Waals surface area contributed by atoms with Crippen LogP contribution >= 0.6 is 0 Å². The molecule has 0 heterocycles. The van der Waals surface area contributed by atoms with E-state index in [1.165, 1.54) is 18.2 Å². The molecule has 6 nitrogen and oxygen atoms in total. The number of carbonyl (C=O) groups excluding carboxylic acids is 1. The number of benzene rings is 1. The maximum Gasteiger partial charge on any atom is 0.243 e. The molecule has 1 aromatic carbocycles. The monoisotopic (exact) mass is 359 g/mol. The lowest BCUT2D eigenvalue weighted by Crippen LogP contribution is -2.22. The number of phenolic OH excluding ortho intramolecular Hbond substituents is 2. The number of nitrogens with two attached hydrogens (primary N) is 2. The molecule has 0 aliphatic heterocycles. The summed E-state index contributed by atoms with van der Waals surface area (Å²) in [6.45, 7) is 6.80. The van der Waals surface area contributed by atoms with Gasteiger partial charge < -0.3 is 27.0 Å². The van der Waals surface area contributed by atoms with Crippen LogP contribution in [0.15, 0.2) is 42.6 Å². The quantitative estimate of drug-likeness (QED) is 0.190. The number of carbonyl (C=O) groups is 1. The predicted molar refractivity (Wildman–Crippen MR) is 106 cm³/mol. The van der Waals surface area contributed by atoms with Gasteiger partial charge in [-0.2, -0.15) is 0 Å². The molecule has 1 atom stereocenters. The zero-order valence-corrected chi connectivity index (χ0v) is 15.2. The zero-order valence-electron chi connectivity index (χ0n) is 15.2. The van der Waals surface area contributed by atoms with Gasteiger partial charge in [-0.3, -0.25) is 4.79 Å². The zero-order chi connectivity index (χ0) is 19.5. The molecular formula is C20H29N3O3. The summed E-state index contributed by atoms with van der Waals surface area (Å²) in [6, 6.07) is 2.95. The highest BCUT2D eigenvalue weighted by atomic mass is 16.3. The molecule has 1 rings (SSSR count). The molecule has 0 radical (unpaired) electrons. The van der Waals surface area contributed by atoms with Crippen LogP contribution in [0.1, 0.15) is 43.2 Å². The Labute approximate surface area is 154 Å². The summed E-state index contributed by atoms with van der Waals surface area (Å²) in [6.07, 6.45) is 9.06. The molecule has 6 heteroatoms. The third kappa shape index (κ3) is 7.03. The minimum Gasteiger partial charge on any atom is -0.504 e. The molecule has 0 spiro atoms. The SMILES string of the molecule is C=C(N)/C=C/C(CC)c1cc(O)c(O)cc1/C=C/C(=O)NCCCCN. The van der Waals surface area contributed by atoms with Crippen molar-refractivity contribution < 1.29 is 15.0 Å². The molecule has 142 valence electrons. The van der Waals surface area contributed by atoms with Crippen molar-refractivity contribution in [2.24, 2.45) is 11.5 Å². The first-order chi connectivity index (χ1) is 12.4. The second kappa shape index (κ2) is 11.0. The van der Waals surface area contributed by atoms with Gasteiger partial charge >= 0.3 is 0 Å². The summed E-state index contributed by atoms with van der Waals surface area (Å²) >= 11 is 0. The Morgan fingerprint density at radius 2 is 1.96 bits per heavy atom. The number of phenols is 2. The van der Waals surface area contributed by atoms with Crippen LogP contribution in [0.4, 0.5) is 0 Å². The first-order valence-electron chi connectivity index (χ1n) is 8.73. The molecule has 1 aromatic rings. The smallest absolute Gasteiger partial charge is 0.243 e. The number of nitrogens with one attached hydrogen (secondary N) is 1. The second-order valence-electron chi connectivity index (χ2n) is 6.04. The average molecular weight is 359 g/mol. The summed E-state index contributed by atoms with van der Waals surface area (Å²) in [4.78, 5) is 11.9. The van der Waals surface area contributed by atoms with Crippen molar-refractivity contribution in [2.45, 2.75) is 32.1 Å². The standard InChI is InChI=1S/C20H29N3O3/c1-3-15(7-6-14(2)22)17-13-19(25)18(24)12-16(17)8-9-20(26)23-11-5-4-10-21/h6-9,12-13,15,24-25H,2-5,10-11,21-22H2,1H3,(H,23,26)/b7-6+,9-8+. The Kier molecular flexibility index (Phi) is 9.01. The van der Waals surface area contributed by atoms with Crippen LogP contribution in [-0.4, -0.2) is 29.2 Å². The first-order valence-corrected chi connectivity index (χ1v) is 8.73. The van der Waals surface area contributed by atoms with Crippen LogP contribution in [0.2, 0.25) is 0 Å². The average Bonchev–Trinajstić information content (AvgIpc) is 2.60. The van der Waals surface area contributed by atoms with Crippen molar-refractivity contribution in [3.05, 3.63) is 53.8 Å². The number of unbranched alkanes of at least 4 members (excludes halogenated alkanes) is 1. The Balaban J connectivity index is 3.02. The summed E-state index contributed by atoms with van der Waals surface area (Å²) < 4.78 is 0. The predicted octanol–water partition coefficient (Wildman–Crippen LogP) is 2.49. The van der Waals surface area contributed by atoms with Crippen LogP contribution < -0.4 is 16.8 Å². The summed E-state index contributed by atoms with van der Waals surface area (Å²) in [5.41, 5.74) is 12.9. The highest BCUT2D eigenvalue weighted by molar-refractivity contribution is 5.92. The van der Waals surface area contributed by atoms with Crippen molar-refractivity contribution in [3.8, 4) is 11.5 Å². The molecule has 0 aromatic heterocycles. The highest BCUT2D eigenvalue weighted by Crippen LogP contribution is 2.35. The van der Waals surface area contributed by atoms with Gasteiger partial charge in [0.25, 0.3) is 0 Å². The number of rotatable bonds is 10. The van der Waals surface area contributed by atoms with E-state index in [9.17, 15) is 15.0 Å². The van der Waals surface area contributed by atoms with Gasteiger partial charge in [0.1, 0.15) is 0 Å². The van der Waals surface area contributed by atoms with Gasteiger partial charge in [0.2, 0.25) is 5.91 Å². The fourth-order valence-corrected chi connectivity index (χ4v) is 2.48. The van der Waals surface area contributed by atoms with Crippen LogP contribution in [0, 0.1) is 0 Å². The Morgan fingerprint density at radius 1 is 1.27 bits per heavy atom. The van der Waals surface area contributed by atoms with E-state index in [0.29, 0.717) is 24.4 Å². The van der Waals surface area contributed by atoms with Gasteiger partial charge in [-0.05, 0) is 61.2 Å². The summed E-state index contributed by atoms with van der Waals surface area (Å²) in [7, 11) is 0. The van der Waals surface area contributed by atoms with Crippen LogP contribution in [0.3, 0.4) is 0 Å². The molecule has 0 saturated carbocycles. The fourth-order valence-electron chi connectivity index (χ4n) is 2.48. The fraction of sp³-hybridized carbons (Fsp3) is 0.350. The molecule has 0 bridgehead atoms. The van der Waals surface area contributed by atoms with Gasteiger partial charge in [0, 0.05) is 24.2 Å². The number of aromatic hydroxyl groups is 2. The Morgan fingerprint density at radius 3 is 2.58 bits per heavy atom. The molecule has 1 amide bonds. The molecule has 7 N–H and O–H groups in total. The van der Waals surface area contributed by atoms with Gasteiger partial charge in [0.05, 0.1) is 0 Å². The topological polar surface area (TPSA) is 122 Å². The molecule has 0 saturated heterocycles. The molecule has 26 heavy (non-hydrogen) atoms. The maximum atomic E-state index is 11.9. The minimum atomic E-state index is -0.237. The maximum absolute atomic E-state index is 11.9. The van der Waals surface area contributed by atoms with Gasteiger partial charge in [-0.25, -0.2) is 0 Å². The van der Waals surface area contributed by atoms with E-state index in [1.54, 1.807) is 12.2 Å². The Hall–Kier alpha value is -2.73.